The van der Waals surface area contributed by atoms with Gasteiger partial charge in [0.05, 0.1) is 0 Å². The summed E-state index contributed by atoms with van der Waals surface area (Å²) in [7, 11) is 2.06. The highest BCUT2D eigenvalue weighted by molar-refractivity contribution is 4.77. The molecule has 2 nitrogen and oxygen atoms in total. The van der Waals surface area contributed by atoms with Crippen molar-refractivity contribution in [1.82, 2.24) is 10.2 Å². The van der Waals surface area contributed by atoms with Crippen molar-refractivity contribution in [1.29, 1.82) is 0 Å². The molecule has 1 fully saturated rings. The van der Waals surface area contributed by atoms with Gasteiger partial charge in [-0.25, -0.2) is 0 Å². The molecule has 1 atom stereocenters. The first kappa shape index (κ1) is 14.0. The first-order valence-corrected chi connectivity index (χ1v) is 7.27. The van der Waals surface area contributed by atoms with Crippen molar-refractivity contribution in [3.8, 4) is 0 Å². The van der Waals surface area contributed by atoms with Gasteiger partial charge >= 0.3 is 0 Å². The lowest BCUT2D eigenvalue weighted by Gasteiger charge is -2.35. The summed E-state index contributed by atoms with van der Waals surface area (Å²) in [5.41, 5.74) is 0. The monoisotopic (exact) mass is 226 g/mol. The molecule has 16 heavy (non-hydrogen) atoms. The minimum absolute atomic E-state index is 0.864. The number of nitrogens with zero attached hydrogens (tertiary/aromatic N) is 1. The Kier molecular flexibility index (Phi) is 7.87. The third-order valence-electron chi connectivity index (χ3n) is 3.78. The van der Waals surface area contributed by atoms with E-state index in [0.717, 1.165) is 6.04 Å². The average molecular weight is 226 g/mol. The fourth-order valence-corrected chi connectivity index (χ4v) is 2.73. The lowest BCUT2D eigenvalue weighted by atomic mass is 9.98. The van der Waals surface area contributed by atoms with Gasteiger partial charge in [-0.2, -0.15) is 0 Å². The first-order valence-electron chi connectivity index (χ1n) is 7.27. The van der Waals surface area contributed by atoms with Crippen LogP contribution in [-0.2, 0) is 0 Å². The van der Waals surface area contributed by atoms with Crippen molar-refractivity contribution >= 4 is 0 Å². The van der Waals surface area contributed by atoms with E-state index in [-0.39, 0.29) is 0 Å². The Morgan fingerprint density at radius 2 is 2.06 bits per heavy atom. The van der Waals surface area contributed by atoms with Crippen LogP contribution in [0.4, 0.5) is 0 Å². The lowest BCUT2D eigenvalue weighted by molar-refractivity contribution is 0.137. The van der Waals surface area contributed by atoms with Crippen LogP contribution in [0.3, 0.4) is 0 Å². The summed E-state index contributed by atoms with van der Waals surface area (Å²) in [6, 6.07) is 0.864. The number of hydrogen-bond acceptors (Lipinski definition) is 2. The maximum Gasteiger partial charge on any atom is 0.0107 e. The molecule has 1 N–H and O–H groups in total. The summed E-state index contributed by atoms with van der Waals surface area (Å²) in [5.74, 6) is 0. The van der Waals surface area contributed by atoms with E-state index in [1.54, 1.807) is 0 Å². The zero-order valence-corrected chi connectivity index (χ0v) is 11.3. The maximum absolute atomic E-state index is 3.29. The summed E-state index contributed by atoms with van der Waals surface area (Å²) in [5, 5.41) is 3.29. The summed E-state index contributed by atoms with van der Waals surface area (Å²) in [6.45, 7) is 6.15. The van der Waals surface area contributed by atoms with Crippen LogP contribution in [0, 0.1) is 0 Å². The minimum Gasteiger partial charge on any atom is -0.320 e. The van der Waals surface area contributed by atoms with Crippen LogP contribution in [0.15, 0.2) is 0 Å². The van der Waals surface area contributed by atoms with E-state index in [1.807, 2.05) is 0 Å². The van der Waals surface area contributed by atoms with Gasteiger partial charge in [0.15, 0.2) is 0 Å². The van der Waals surface area contributed by atoms with Crippen molar-refractivity contribution in [2.75, 3.05) is 26.7 Å². The highest BCUT2D eigenvalue weighted by Crippen LogP contribution is 2.20. The molecule has 2 heteroatoms. The average Bonchev–Trinajstić information content (AvgIpc) is 2.33. The molecular formula is C14H30N2. The third kappa shape index (κ3) is 5.31. The van der Waals surface area contributed by atoms with Crippen molar-refractivity contribution in [2.45, 2.75) is 64.3 Å². The van der Waals surface area contributed by atoms with Crippen LogP contribution in [0.2, 0.25) is 0 Å². The van der Waals surface area contributed by atoms with Crippen molar-refractivity contribution in [3.63, 3.8) is 0 Å². The van der Waals surface area contributed by atoms with Crippen LogP contribution in [0.25, 0.3) is 0 Å². The zero-order chi connectivity index (χ0) is 11.6. The van der Waals surface area contributed by atoms with Crippen molar-refractivity contribution < 1.29 is 0 Å². The molecule has 1 heterocycles. The molecule has 1 saturated heterocycles. The Morgan fingerprint density at radius 1 is 1.19 bits per heavy atom. The van der Waals surface area contributed by atoms with E-state index in [4.69, 9.17) is 0 Å². The molecule has 0 amide bonds. The highest BCUT2D eigenvalue weighted by Gasteiger charge is 2.20. The molecule has 0 aliphatic carbocycles. The molecule has 1 unspecified atom stereocenters. The van der Waals surface area contributed by atoms with Crippen molar-refractivity contribution in [2.24, 2.45) is 0 Å². The van der Waals surface area contributed by atoms with Crippen LogP contribution < -0.4 is 5.32 Å². The van der Waals surface area contributed by atoms with Gasteiger partial charge in [0, 0.05) is 6.04 Å². The summed E-state index contributed by atoms with van der Waals surface area (Å²) < 4.78 is 0. The van der Waals surface area contributed by atoms with E-state index >= 15 is 0 Å². The highest BCUT2D eigenvalue weighted by atomic mass is 15.2. The topological polar surface area (TPSA) is 15.3 Å². The number of piperidine rings is 1. The van der Waals surface area contributed by atoms with Crippen molar-refractivity contribution in [3.05, 3.63) is 0 Å². The Bertz CT molecular complexity index is 159. The molecule has 1 aliphatic heterocycles. The number of rotatable bonds is 8. The second-order valence-electron chi connectivity index (χ2n) is 5.14. The number of hydrogen-bond donors (Lipinski definition) is 1. The molecule has 0 spiro atoms. The van der Waals surface area contributed by atoms with E-state index in [1.165, 1.54) is 71.0 Å². The predicted octanol–water partition coefficient (Wildman–Crippen LogP) is 3.03. The van der Waals surface area contributed by atoms with Gasteiger partial charge in [0.2, 0.25) is 0 Å². The molecule has 0 aromatic rings. The smallest absolute Gasteiger partial charge is 0.0107 e. The van der Waals surface area contributed by atoms with Gasteiger partial charge in [-0.3, -0.25) is 0 Å². The zero-order valence-electron chi connectivity index (χ0n) is 11.3. The van der Waals surface area contributed by atoms with E-state index in [2.05, 4.69) is 24.2 Å². The molecular weight excluding hydrogens is 196 g/mol. The molecule has 0 radical (unpaired) electrons. The molecule has 1 aliphatic rings. The second-order valence-corrected chi connectivity index (χ2v) is 5.14. The van der Waals surface area contributed by atoms with Gasteiger partial charge in [-0.1, -0.05) is 32.6 Å². The number of nitrogens with one attached hydrogen (secondary N) is 1. The Hall–Kier alpha value is -0.0800. The largest absolute Gasteiger partial charge is 0.320 e. The molecule has 0 bridgehead atoms. The van der Waals surface area contributed by atoms with Crippen LogP contribution >= 0.6 is 0 Å². The van der Waals surface area contributed by atoms with Crippen LogP contribution in [0.1, 0.15) is 58.3 Å². The Morgan fingerprint density at radius 3 is 2.81 bits per heavy atom. The molecule has 0 saturated carbocycles. The Labute approximate surface area is 102 Å². The maximum atomic E-state index is 3.29. The Balaban J connectivity index is 2.18. The number of likely N-dealkylation sites (tertiary alicyclic amines) is 1. The SMILES string of the molecule is CCCCCCN1CCCCC1CCNC. The van der Waals surface area contributed by atoms with E-state index in [0.29, 0.717) is 0 Å². The molecule has 0 aromatic heterocycles. The standard InChI is InChI=1S/C14H30N2/c1-3-4-5-7-12-16-13-8-6-9-14(16)10-11-15-2/h14-15H,3-13H2,1-2H3. The van der Waals surface area contributed by atoms with Gasteiger partial charge in [0.25, 0.3) is 0 Å². The van der Waals surface area contributed by atoms with Gasteiger partial charge in [-0.15, -0.1) is 0 Å². The van der Waals surface area contributed by atoms with Gasteiger partial charge in [0.1, 0.15) is 0 Å². The quantitative estimate of drug-likeness (QED) is 0.640. The van der Waals surface area contributed by atoms with E-state index in [9.17, 15) is 0 Å². The number of unbranched alkanes of at least 4 members (excludes halogenated alkanes) is 3. The minimum atomic E-state index is 0.864. The van der Waals surface area contributed by atoms with E-state index < -0.39 is 0 Å². The molecule has 96 valence electrons. The third-order valence-corrected chi connectivity index (χ3v) is 3.78. The summed E-state index contributed by atoms with van der Waals surface area (Å²) in [4.78, 5) is 2.75. The molecule has 0 aromatic carbocycles. The summed E-state index contributed by atoms with van der Waals surface area (Å²) in [6.07, 6.45) is 11.2. The molecule has 1 rings (SSSR count). The first-order chi connectivity index (χ1) is 7.88. The summed E-state index contributed by atoms with van der Waals surface area (Å²) >= 11 is 0. The normalized spacial score (nSPS) is 22.5. The van der Waals surface area contributed by atoms with Gasteiger partial charge in [-0.05, 0) is 52.4 Å². The fraction of sp³-hybridized carbons (Fsp3) is 1.00. The predicted molar refractivity (Wildman–Crippen MR) is 71.9 cm³/mol. The lowest BCUT2D eigenvalue weighted by Crippen LogP contribution is -2.41. The second kappa shape index (κ2) is 9.00. The van der Waals surface area contributed by atoms with Crippen LogP contribution in [0.5, 0.6) is 0 Å². The van der Waals surface area contributed by atoms with Crippen LogP contribution in [-0.4, -0.2) is 37.6 Å². The fourth-order valence-electron chi connectivity index (χ4n) is 2.73. The van der Waals surface area contributed by atoms with Gasteiger partial charge < -0.3 is 10.2 Å².